The molecule has 1 aliphatic heterocycles. The highest BCUT2D eigenvalue weighted by atomic mass is 15.2. The molecule has 1 nitrogen and oxygen atoms in total. The Balaban J connectivity index is 2.78. The normalized spacial score (nSPS) is 30.4. The van der Waals surface area contributed by atoms with Gasteiger partial charge in [-0.05, 0) is 33.4 Å². The topological polar surface area (TPSA) is 3.24 Å². The third kappa shape index (κ3) is 3.76. The molecule has 96 valence electrons. The van der Waals surface area contributed by atoms with Crippen LogP contribution in [0.15, 0.2) is 0 Å². The first kappa shape index (κ1) is 14.0. The highest BCUT2D eigenvalue weighted by Crippen LogP contribution is 2.40. The number of rotatable bonds is 2. The van der Waals surface area contributed by atoms with Gasteiger partial charge in [0.25, 0.3) is 0 Å². The zero-order valence-electron chi connectivity index (χ0n) is 12.3. The first-order chi connectivity index (χ1) is 7.12. The Hall–Kier alpha value is -0.0400. The van der Waals surface area contributed by atoms with Gasteiger partial charge in [-0.1, -0.05) is 40.5 Å². The third-order valence-electron chi connectivity index (χ3n) is 3.89. The van der Waals surface area contributed by atoms with Crippen LogP contribution in [0.2, 0.25) is 0 Å². The molecule has 1 unspecified atom stereocenters. The van der Waals surface area contributed by atoms with E-state index in [1.54, 1.807) is 0 Å². The maximum atomic E-state index is 2.61. The Bertz CT molecular complexity index is 228. The molecule has 0 radical (unpaired) electrons. The Morgan fingerprint density at radius 1 is 1.25 bits per heavy atom. The third-order valence-corrected chi connectivity index (χ3v) is 3.89. The lowest BCUT2D eigenvalue weighted by atomic mass is 9.75. The number of nitrogens with zero attached hydrogens (tertiary/aromatic N) is 1. The smallest absolute Gasteiger partial charge is 0.0129 e. The van der Waals surface area contributed by atoms with Crippen molar-refractivity contribution in [3.8, 4) is 0 Å². The summed E-state index contributed by atoms with van der Waals surface area (Å²) in [7, 11) is 2.28. The Labute approximate surface area is 103 Å². The van der Waals surface area contributed by atoms with Gasteiger partial charge in [0.15, 0.2) is 0 Å². The van der Waals surface area contributed by atoms with E-state index in [0.29, 0.717) is 11.0 Å². The van der Waals surface area contributed by atoms with Gasteiger partial charge in [0.1, 0.15) is 0 Å². The van der Waals surface area contributed by atoms with Crippen molar-refractivity contribution in [3.63, 3.8) is 0 Å². The van der Waals surface area contributed by atoms with Gasteiger partial charge in [-0.3, -0.25) is 0 Å². The van der Waals surface area contributed by atoms with Gasteiger partial charge in [-0.25, -0.2) is 0 Å². The fourth-order valence-corrected chi connectivity index (χ4v) is 3.35. The summed E-state index contributed by atoms with van der Waals surface area (Å²) in [4.78, 5) is 2.55. The first-order valence-corrected chi connectivity index (χ1v) is 6.70. The van der Waals surface area contributed by atoms with Gasteiger partial charge < -0.3 is 11.3 Å². The molecular formula is C15H30N-. The molecule has 0 aromatic carbocycles. The molecule has 0 N–H and O–H groups in total. The van der Waals surface area contributed by atoms with E-state index in [9.17, 15) is 0 Å². The van der Waals surface area contributed by atoms with Crippen molar-refractivity contribution in [3.05, 3.63) is 6.42 Å². The predicted octanol–water partition coefficient (Wildman–Crippen LogP) is 3.99. The highest BCUT2D eigenvalue weighted by molar-refractivity contribution is 5.01. The van der Waals surface area contributed by atoms with Crippen molar-refractivity contribution < 1.29 is 0 Å². The lowest BCUT2D eigenvalue weighted by Crippen LogP contribution is -2.43. The van der Waals surface area contributed by atoms with E-state index in [1.807, 2.05) is 0 Å². The van der Waals surface area contributed by atoms with Crippen molar-refractivity contribution in [2.45, 2.75) is 59.9 Å². The number of hydrogen-bond acceptors (Lipinski definition) is 1. The lowest BCUT2D eigenvalue weighted by Gasteiger charge is -2.42. The summed E-state index contributed by atoms with van der Waals surface area (Å²) in [6, 6.07) is 0. The molecule has 1 heteroatoms. The summed E-state index contributed by atoms with van der Waals surface area (Å²) in [5.74, 6) is 1.55. The summed E-state index contributed by atoms with van der Waals surface area (Å²) in [6.45, 7) is 15.4. The molecule has 1 atom stereocenters. The maximum absolute atomic E-state index is 2.61. The molecule has 16 heavy (non-hydrogen) atoms. The summed E-state index contributed by atoms with van der Waals surface area (Å²) in [5, 5.41) is 0. The van der Waals surface area contributed by atoms with Gasteiger partial charge in [0.2, 0.25) is 0 Å². The Kier molecular flexibility index (Phi) is 4.10. The highest BCUT2D eigenvalue weighted by Gasteiger charge is 2.32. The molecule has 1 heterocycles. The van der Waals surface area contributed by atoms with E-state index in [4.69, 9.17) is 0 Å². The largest absolute Gasteiger partial charge is 0.319 e. The average molecular weight is 224 g/mol. The van der Waals surface area contributed by atoms with Crippen LogP contribution in [0.5, 0.6) is 0 Å². The minimum Gasteiger partial charge on any atom is -0.319 e. The molecular weight excluding hydrogens is 194 g/mol. The molecule has 0 spiro atoms. The van der Waals surface area contributed by atoms with Gasteiger partial charge in [0, 0.05) is 5.54 Å². The van der Waals surface area contributed by atoms with E-state index < -0.39 is 0 Å². The number of hydrogen-bond donors (Lipinski definition) is 0. The van der Waals surface area contributed by atoms with E-state index in [0.717, 1.165) is 11.8 Å². The average Bonchev–Trinajstić information content (AvgIpc) is 2.03. The fraction of sp³-hybridized carbons (Fsp3) is 0.933. The summed E-state index contributed by atoms with van der Waals surface area (Å²) in [5.41, 5.74) is 0.694. The zero-order chi connectivity index (χ0) is 12.6. The molecule has 0 aromatic rings. The molecule has 1 saturated heterocycles. The summed E-state index contributed by atoms with van der Waals surface area (Å²) < 4.78 is 0. The standard InChI is InChI=1S/C15H30N/c1-12(2)8-13-9-14(3,4)11-15(5,6)16(7)10-13/h9,12-13H,8,10-11H2,1-7H3/q-1. The van der Waals surface area contributed by atoms with Crippen LogP contribution in [0.3, 0.4) is 0 Å². The zero-order valence-corrected chi connectivity index (χ0v) is 12.3. The summed E-state index contributed by atoms with van der Waals surface area (Å²) >= 11 is 0. The van der Waals surface area contributed by atoms with E-state index in [1.165, 1.54) is 19.4 Å². The van der Waals surface area contributed by atoms with Gasteiger partial charge in [0.05, 0.1) is 0 Å². The molecule has 0 aliphatic carbocycles. The monoisotopic (exact) mass is 224 g/mol. The van der Waals surface area contributed by atoms with Crippen molar-refractivity contribution in [2.75, 3.05) is 13.6 Å². The maximum Gasteiger partial charge on any atom is 0.0129 e. The molecule has 1 rings (SSSR count). The van der Waals surface area contributed by atoms with Crippen LogP contribution in [0.25, 0.3) is 0 Å². The van der Waals surface area contributed by atoms with Gasteiger partial charge in [-0.15, -0.1) is 0 Å². The first-order valence-electron chi connectivity index (χ1n) is 6.70. The molecule has 0 amide bonds. The molecule has 0 bridgehead atoms. The van der Waals surface area contributed by atoms with E-state index >= 15 is 0 Å². The van der Waals surface area contributed by atoms with Crippen LogP contribution in [-0.2, 0) is 0 Å². The minimum absolute atomic E-state index is 0.325. The second kappa shape index (κ2) is 4.68. The van der Waals surface area contributed by atoms with Crippen LogP contribution in [-0.4, -0.2) is 24.0 Å². The summed E-state index contributed by atoms with van der Waals surface area (Å²) in [6.07, 6.45) is 5.19. The van der Waals surface area contributed by atoms with E-state index in [-0.39, 0.29) is 0 Å². The van der Waals surface area contributed by atoms with Crippen molar-refractivity contribution in [1.82, 2.24) is 4.90 Å². The quantitative estimate of drug-likeness (QED) is 0.641. The Morgan fingerprint density at radius 2 is 1.81 bits per heavy atom. The van der Waals surface area contributed by atoms with Crippen LogP contribution < -0.4 is 0 Å². The predicted molar refractivity (Wildman–Crippen MR) is 72.4 cm³/mol. The van der Waals surface area contributed by atoms with Crippen molar-refractivity contribution in [1.29, 1.82) is 0 Å². The fourth-order valence-electron chi connectivity index (χ4n) is 3.35. The van der Waals surface area contributed by atoms with Crippen LogP contribution >= 0.6 is 0 Å². The molecule has 1 fully saturated rings. The SMILES string of the molecule is CC(C)CC1[CH-]C(C)(C)CC(C)(C)N(C)C1. The number of likely N-dealkylation sites (tertiary alicyclic amines) is 1. The minimum atomic E-state index is 0.325. The van der Waals surface area contributed by atoms with Crippen molar-refractivity contribution >= 4 is 0 Å². The molecule has 0 saturated carbocycles. The van der Waals surface area contributed by atoms with Gasteiger partial charge in [-0.2, -0.15) is 11.3 Å². The second-order valence-corrected chi connectivity index (χ2v) is 7.41. The lowest BCUT2D eigenvalue weighted by molar-refractivity contribution is 0.123. The van der Waals surface area contributed by atoms with Crippen LogP contribution in [0.4, 0.5) is 0 Å². The molecule has 1 aliphatic rings. The van der Waals surface area contributed by atoms with Crippen LogP contribution in [0, 0.1) is 23.7 Å². The van der Waals surface area contributed by atoms with Gasteiger partial charge >= 0.3 is 0 Å². The second-order valence-electron chi connectivity index (χ2n) is 7.41. The van der Waals surface area contributed by atoms with Crippen molar-refractivity contribution in [2.24, 2.45) is 17.3 Å². The van der Waals surface area contributed by atoms with E-state index in [2.05, 4.69) is 59.9 Å². The van der Waals surface area contributed by atoms with Crippen LogP contribution in [0.1, 0.15) is 54.4 Å². The molecule has 0 aromatic heterocycles. The Morgan fingerprint density at radius 3 is 2.31 bits per heavy atom.